The van der Waals surface area contributed by atoms with Crippen LogP contribution in [-0.4, -0.2) is 20.8 Å². The molecule has 1 aromatic rings. The normalized spacial score (nSPS) is 11.2. The minimum absolute atomic E-state index is 0.00789. The number of nitrogens with one attached hydrogen (secondary N) is 3. The molecular weight excluding hydrogens is 247 g/mol. The molecule has 1 aromatic carbocycles. The van der Waals surface area contributed by atoms with Gasteiger partial charge in [-0.2, -0.15) is 13.1 Å². The Morgan fingerprint density at radius 3 is 2.71 bits per heavy atom. The van der Waals surface area contributed by atoms with Gasteiger partial charge in [0, 0.05) is 12.1 Å². The van der Waals surface area contributed by atoms with E-state index in [-0.39, 0.29) is 17.8 Å². The van der Waals surface area contributed by atoms with E-state index in [1.54, 1.807) is 6.92 Å². The minimum atomic E-state index is -3.73. The van der Waals surface area contributed by atoms with Gasteiger partial charge in [0.15, 0.2) is 0 Å². The Kier molecular flexibility index (Phi) is 4.02. The fraction of sp³-hybridized carbons (Fsp3) is 0.222. The molecule has 0 atom stereocenters. The second-order valence-electron chi connectivity index (χ2n) is 3.21. The van der Waals surface area contributed by atoms with Crippen molar-refractivity contribution in [2.24, 2.45) is 5.73 Å². The number of benzene rings is 1. The number of anilines is 1. The summed E-state index contributed by atoms with van der Waals surface area (Å²) in [6.07, 6.45) is 0. The molecule has 0 heterocycles. The topological polar surface area (TPSA) is 108 Å². The van der Waals surface area contributed by atoms with E-state index in [4.69, 9.17) is 11.1 Å². The van der Waals surface area contributed by atoms with Crippen LogP contribution in [0.15, 0.2) is 18.2 Å². The van der Waals surface area contributed by atoms with Gasteiger partial charge in [0.05, 0.1) is 5.69 Å². The molecule has 0 spiro atoms. The number of hydrogen-bond donors (Lipinski definition) is 4. The first-order valence-corrected chi connectivity index (χ1v) is 6.25. The van der Waals surface area contributed by atoms with Crippen molar-refractivity contribution in [3.63, 3.8) is 0 Å². The molecule has 0 radical (unpaired) electrons. The molecule has 0 bridgehead atoms. The third kappa shape index (κ3) is 3.68. The van der Waals surface area contributed by atoms with Crippen LogP contribution < -0.4 is 15.2 Å². The zero-order chi connectivity index (χ0) is 13.1. The van der Waals surface area contributed by atoms with E-state index in [0.29, 0.717) is 0 Å². The van der Waals surface area contributed by atoms with Crippen LogP contribution in [0.1, 0.15) is 12.5 Å². The van der Waals surface area contributed by atoms with E-state index < -0.39 is 21.9 Å². The highest BCUT2D eigenvalue weighted by atomic mass is 32.2. The summed E-state index contributed by atoms with van der Waals surface area (Å²) in [6.45, 7) is 1.84. The van der Waals surface area contributed by atoms with Gasteiger partial charge in [-0.1, -0.05) is 6.92 Å². The lowest BCUT2D eigenvalue weighted by molar-refractivity contribution is 0.589. The van der Waals surface area contributed by atoms with Crippen molar-refractivity contribution in [2.75, 3.05) is 11.3 Å². The first-order valence-electron chi connectivity index (χ1n) is 4.77. The highest BCUT2D eigenvalue weighted by Gasteiger charge is 2.13. The lowest BCUT2D eigenvalue weighted by atomic mass is 10.1. The minimum Gasteiger partial charge on any atom is -0.384 e. The Labute approximate surface area is 98.7 Å². The molecule has 6 nitrogen and oxygen atoms in total. The van der Waals surface area contributed by atoms with Gasteiger partial charge in [-0.3, -0.25) is 10.1 Å². The van der Waals surface area contributed by atoms with E-state index >= 15 is 0 Å². The molecule has 0 saturated heterocycles. The van der Waals surface area contributed by atoms with Crippen LogP contribution in [0.25, 0.3) is 0 Å². The number of nitrogen functional groups attached to an aromatic ring is 1. The van der Waals surface area contributed by atoms with E-state index in [2.05, 4.69) is 9.44 Å². The second-order valence-corrected chi connectivity index (χ2v) is 4.71. The van der Waals surface area contributed by atoms with Crippen molar-refractivity contribution in [2.45, 2.75) is 6.92 Å². The zero-order valence-electron chi connectivity index (χ0n) is 9.12. The van der Waals surface area contributed by atoms with Crippen LogP contribution in [0.4, 0.5) is 10.1 Å². The summed E-state index contributed by atoms with van der Waals surface area (Å²) in [6, 6.07) is 3.28. The highest BCUT2D eigenvalue weighted by molar-refractivity contribution is 7.90. The van der Waals surface area contributed by atoms with Crippen molar-refractivity contribution in [3.05, 3.63) is 29.6 Å². The summed E-state index contributed by atoms with van der Waals surface area (Å²) in [5, 5.41) is 7.24. The third-order valence-electron chi connectivity index (χ3n) is 1.85. The lowest BCUT2D eigenvalue weighted by Crippen LogP contribution is -2.30. The number of hydrogen-bond acceptors (Lipinski definition) is 3. The predicted molar refractivity (Wildman–Crippen MR) is 63.6 cm³/mol. The first-order chi connectivity index (χ1) is 7.85. The Bertz CT molecular complexity index is 530. The van der Waals surface area contributed by atoms with Gasteiger partial charge in [-0.15, -0.1) is 0 Å². The molecule has 0 aromatic heterocycles. The summed E-state index contributed by atoms with van der Waals surface area (Å²) in [4.78, 5) is 0. The summed E-state index contributed by atoms with van der Waals surface area (Å²) >= 11 is 0. The molecule has 0 fully saturated rings. The molecule has 5 N–H and O–H groups in total. The van der Waals surface area contributed by atoms with Crippen LogP contribution in [0, 0.1) is 11.2 Å². The quantitative estimate of drug-likeness (QED) is 0.454. The average molecular weight is 260 g/mol. The van der Waals surface area contributed by atoms with E-state index in [1.807, 2.05) is 0 Å². The maximum absolute atomic E-state index is 12.9. The van der Waals surface area contributed by atoms with Crippen LogP contribution in [-0.2, 0) is 10.2 Å². The van der Waals surface area contributed by atoms with Gasteiger partial charge in [0.25, 0.3) is 10.2 Å². The Morgan fingerprint density at radius 2 is 2.18 bits per heavy atom. The van der Waals surface area contributed by atoms with E-state index in [9.17, 15) is 12.8 Å². The van der Waals surface area contributed by atoms with Crippen LogP contribution in [0.5, 0.6) is 0 Å². The summed E-state index contributed by atoms with van der Waals surface area (Å²) in [7, 11) is -3.73. The van der Waals surface area contributed by atoms with E-state index in [1.165, 1.54) is 6.07 Å². The standard InChI is InChI=1S/C9H13FN4O2S/c1-2-13-17(15,16)14-8-4-3-6(10)5-7(8)9(11)12/h3-5,13-14H,2H2,1H3,(H3,11,12). The molecule has 0 aliphatic heterocycles. The number of nitrogens with two attached hydrogens (primary N) is 1. The van der Waals surface area contributed by atoms with Crippen molar-refractivity contribution < 1.29 is 12.8 Å². The Balaban J connectivity index is 3.11. The molecule has 0 amide bonds. The molecule has 0 aliphatic carbocycles. The van der Waals surface area contributed by atoms with Gasteiger partial charge in [0.1, 0.15) is 11.7 Å². The highest BCUT2D eigenvalue weighted by Crippen LogP contribution is 2.17. The largest absolute Gasteiger partial charge is 0.384 e. The Hall–Kier alpha value is -1.67. The summed E-state index contributed by atoms with van der Waals surface area (Å²) in [5.41, 5.74) is 5.29. The van der Waals surface area contributed by atoms with Crippen LogP contribution >= 0.6 is 0 Å². The molecule has 8 heteroatoms. The van der Waals surface area contributed by atoms with Gasteiger partial charge < -0.3 is 5.73 Å². The van der Waals surface area contributed by atoms with Crippen LogP contribution in [0.3, 0.4) is 0 Å². The van der Waals surface area contributed by atoms with Gasteiger partial charge >= 0.3 is 0 Å². The predicted octanol–water partition coefficient (Wildman–Crippen LogP) is 0.376. The second kappa shape index (κ2) is 5.11. The maximum Gasteiger partial charge on any atom is 0.299 e. The molecular formula is C9H13FN4O2S. The molecule has 1 rings (SSSR count). The molecule has 0 saturated carbocycles. The molecule has 0 aliphatic rings. The first kappa shape index (κ1) is 13.4. The van der Waals surface area contributed by atoms with Gasteiger partial charge in [0.2, 0.25) is 0 Å². The number of halogens is 1. The summed E-state index contributed by atoms with van der Waals surface area (Å²) in [5.74, 6) is -1.01. The van der Waals surface area contributed by atoms with Crippen molar-refractivity contribution in [1.29, 1.82) is 5.41 Å². The molecule has 17 heavy (non-hydrogen) atoms. The fourth-order valence-electron chi connectivity index (χ4n) is 1.20. The van der Waals surface area contributed by atoms with Gasteiger partial charge in [-0.05, 0) is 18.2 Å². The molecule has 0 unspecified atom stereocenters. The number of rotatable bonds is 5. The Morgan fingerprint density at radius 1 is 1.53 bits per heavy atom. The number of amidine groups is 1. The SMILES string of the molecule is CCNS(=O)(=O)Nc1ccc(F)cc1C(=N)N. The summed E-state index contributed by atoms with van der Waals surface area (Å²) < 4.78 is 40.2. The van der Waals surface area contributed by atoms with Crippen molar-refractivity contribution >= 4 is 21.7 Å². The van der Waals surface area contributed by atoms with Crippen molar-refractivity contribution in [3.8, 4) is 0 Å². The van der Waals surface area contributed by atoms with Gasteiger partial charge in [-0.25, -0.2) is 4.39 Å². The monoisotopic (exact) mass is 260 g/mol. The maximum atomic E-state index is 12.9. The van der Waals surface area contributed by atoms with E-state index in [0.717, 1.165) is 12.1 Å². The lowest BCUT2D eigenvalue weighted by Gasteiger charge is -2.11. The third-order valence-corrected chi connectivity index (χ3v) is 3.01. The van der Waals surface area contributed by atoms with Crippen LogP contribution in [0.2, 0.25) is 0 Å². The fourth-order valence-corrected chi connectivity index (χ4v) is 2.12. The van der Waals surface area contributed by atoms with Crippen molar-refractivity contribution in [1.82, 2.24) is 4.72 Å². The average Bonchev–Trinajstić information content (AvgIpc) is 2.20. The smallest absolute Gasteiger partial charge is 0.299 e. The zero-order valence-corrected chi connectivity index (χ0v) is 9.94. The molecule has 94 valence electrons.